The topological polar surface area (TPSA) is 39.2 Å². The van der Waals surface area contributed by atoms with Crippen molar-refractivity contribution in [1.29, 1.82) is 0 Å². The molecule has 4 heteroatoms. The Morgan fingerprint density at radius 3 is 3.08 bits per heavy atom. The summed E-state index contributed by atoms with van der Waals surface area (Å²) >= 11 is 0. The van der Waals surface area contributed by atoms with Gasteiger partial charge in [-0.25, -0.2) is 0 Å². The number of esters is 1. The van der Waals surface area contributed by atoms with Gasteiger partial charge in [-0.1, -0.05) is 6.07 Å². The van der Waals surface area contributed by atoms with E-state index in [0.29, 0.717) is 12.6 Å². The highest BCUT2D eigenvalue weighted by Gasteiger charge is 2.01. The average molecular weight is 176 g/mol. The van der Waals surface area contributed by atoms with Crippen LogP contribution in [0.2, 0.25) is 6.32 Å². The number of hydrogen-bond acceptors (Lipinski definition) is 3. The Kier molecular flexibility index (Phi) is 4.02. The molecule has 1 radical (unpaired) electrons. The summed E-state index contributed by atoms with van der Waals surface area (Å²) in [6, 6.07) is 5.71. The lowest BCUT2D eigenvalue weighted by Gasteiger charge is -1.97. The SMILES string of the molecule is COC(=O)C[B]Cc1ccccn1. The fourth-order valence-electron chi connectivity index (χ4n) is 0.940. The summed E-state index contributed by atoms with van der Waals surface area (Å²) in [6.07, 6.45) is 2.78. The Hall–Kier alpha value is -1.32. The minimum atomic E-state index is -0.212. The van der Waals surface area contributed by atoms with Crippen molar-refractivity contribution in [3.63, 3.8) is 0 Å². The molecule has 13 heavy (non-hydrogen) atoms. The molecule has 1 heterocycles. The van der Waals surface area contributed by atoms with Gasteiger partial charge >= 0.3 is 0 Å². The van der Waals surface area contributed by atoms with Gasteiger partial charge in [0.05, 0.1) is 7.11 Å². The Labute approximate surface area is 78.4 Å². The van der Waals surface area contributed by atoms with Crippen LogP contribution in [0.25, 0.3) is 0 Å². The summed E-state index contributed by atoms with van der Waals surface area (Å²) in [4.78, 5) is 14.8. The number of aromatic nitrogens is 1. The second kappa shape index (κ2) is 5.35. The molecule has 0 aromatic carbocycles. The summed E-state index contributed by atoms with van der Waals surface area (Å²) in [7, 11) is 3.24. The number of rotatable bonds is 4. The van der Waals surface area contributed by atoms with Crippen LogP contribution in [-0.2, 0) is 15.9 Å². The van der Waals surface area contributed by atoms with E-state index in [0.717, 1.165) is 5.69 Å². The molecule has 0 spiro atoms. The molecule has 0 saturated heterocycles. The van der Waals surface area contributed by atoms with Gasteiger partial charge in [0.1, 0.15) is 7.28 Å². The van der Waals surface area contributed by atoms with Gasteiger partial charge in [-0.2, -0.15) is 0 Å². The maximum absolute atomic E-state index is 10.7. The first-order valence-corrected chi connectivity index (χ1v) is 4.11. The Balaban J connectivity index is 2.24. The third-order valence-corrected chi connectivity index (χ3v) is 1.62. The molecule has 1 aromatic rings. The smallest absolute Gasteiger partial charge is 0.297 e. The van der Waals surface area contributed by atoms with E-state index in [4.69, 9.17) is 0 Å². The van der Waals surface area contributed by atoms with Gasteiger partial charge in [0.25, 0.3) is 5.97 Å². The van der Waals surface area contributed by atoms with Crippen LogP contribution in [0.15, 0.2) is 24.4 Å². The third-order valence-electron chi connectivity index (χ3n) is 1.62. The molecule has 3 nitrogen and oxygen atoms in total. The van der Waals surface area contributed by atoms with E-state index >= 15 is 0 Å². The molecule has 0 aliphatic rings. The van der Waals surface area contributed by atoms with E-state index < -0.39 is 0 Å². The first kappa shape index (κ1) is 9.77. The van der Waals surface area contributed by atoms with Crippen molar-refractivity contribution in [3.05, 3.63) is 30.1 Å². The van der Waals surface area contributed by atoms with Crippen LogP contribution < -0.4 is 0 Å². The molecule has 0 aliphatic carbocycles. The first-order valence-electron chi connectivity index (χ1n) is 4.11. The minimum Gasteiger partial charge on any atom is -0.470 e. The zero-order valence-corrected chi connectivity index (χ0v) is 7.56. The van der Waals surface area contributed by atoms with Crippen LogP contribution in [0.1, 0.15) is 5.69 Å². The molecular formula is C9H11BNO2. The predicted octanol–water partition coefficient (Wildman–Crippen LogP) is 0.877. The highest BCUT2D eigenvalue weighted by atomic mass is 16.5. The molecule has 1 rings (SSSR count). The largest absolute Gasteiger partial charge is 0.470 e. The second-order valence-electron chi connectivity index (χ2n) is 2.59. The van der Waals surface area contributed by atoms with Gasteiger partial charge in [-0.15, -0.1) is 0 Å². The second-order valence-corrected chi connectivity index (χ2v) is 2.59. The van der Waals surface area contributed by atoms with E-state index in [-0.39, 0.29) is 5.97 Å². The van der Waals surface area contributed by atoms with Gasteiger partial charge in [-0.05, 0) is 18.5 Å². The van der Waals surface area contributed by atoms with E-state index in [2.05, 4.69) is 9.72 Å². The fourth-order valence-corrected chi connectivity index (χ4v) is 0.940. The molecule has 0 aliphatic heterocycles. The lowest BCUT2D eigenvalue weighted by molar-refractivity contribution is -0.137. The summed E-state index contributed by atoms with van der Waals surface area (Å²) in [6.45, 7) is 0. The van der Waals surface area contributed by atoms with Crippen molar-refractivity contribution in [2.45, 2.75) is 12.6 Å². The maximum Gasteiger partial charge on any atom is 0.297 e. The van der Waals surface area contributed by atoms with Crippen molar-refractivity contribution >= 4 is 13.2 Å². The quantitative estimate of drug-likeness (QED) is 0.504. The highest BCUT2D eigenvalue weighted by molar-refractivity contribution is 6.40. The molecule has 1 aromatic heterocycles. The van der Waals surface area contributed by atoms with Gasteiger partial charge < -0.3 is 4.74 Å². The van der Waals surface area contributed by atoms with Gasteiger partial charge in [0, 0.05) is 18.2 Å². The van der Waals surface area contributed by atoms with Gasteiger partial charge in [0.15, 0.2) is 0 Å². The Bertz CT molecular complexity index is 264. The van der Waals surface area contributed by atoms with Crippen LogP contribution in [0.3, 0.4) is 0 Å². The van der Waals surface area contributed by atoms with E-state index in [1.165, 1.54) is 7.11 Å². The van der Waals surface area contributed by atoms with E-state index in [1.54, 1.807) is 6.20 Å². The average Bonchev–Trinajstić information content (AvgIpc) is 2.19. The number of methoxy groups -OCH3 is 1. The third kappa shape index (κ3) is 3.74. The van der Waals surface area contributed by atoms with Crippen LogP contribution in [-0.4, -0.2) is 25.3 Å². The number of ether oxygens (including phenoxy) is 1. The van der Waals surface area contributed by atoms with Crippen LogP contribution >= 0.6 is 0 Å². The summed E-state index contributed by atoms with van der Waals surface area (Å²) in [5.41, 5.74) is 0.964. The van der Waals surface area contributed by atoms with Crippen LogP contribution in [0.4, 0.5) is 0 Å². The minimum absolute atomic E-state index is 0.212. The molecule has 0 unspecified atom stereocenters. The van der Waals surface area contributed by atoms with Crippen molar-refractivity contribution < 1.29 is 9.53 Å². The highest BCUT2D eigenvalue weighted by Crippen LogP contribution is 1.95. The lowest BCUT2D eigenvalue weighted by atomic mass is 9.70. The van der Waals surface area contributed by atoms with Crippen molar-refractivity contribution in [3.8, 4) is 0 Å². The van der Waals surface area contributed by atoms with E-state index in [1.807, 2.05) is 25.5 Å². The number of pyridine rings is 1. The number of carbonyl (C=O) groups excluding carboxylic acids is 1. The van der Waals surface area contributed by atoms with Crippen molar-refractivity contribution in [2.24, 2.45) is 0 Å². The van der Waals surface area contributed by atoms with Crippen LogP contribution in [0, 0.1) is 0 Å². The molecule has 0 atom stereocenters. The standard InChI is InChI=1S/C9H11BNO2/c1-13-9(12)7-10-6-8-4-2-3-5-11-8/h2-5H,6-7H2,1H3. The monoisotopic (exact) mass is 176 g/mol. The number of carbonyl (C=O) groups is 1. The lowest BCUT2D eigenvalue weighted by Crippen LogP contribution is -2.07. The fraction of sp³-hybridized carbons (Fsp3) is 0.333. The zero-order chi connectivity index (χ0) is 9.52. The number of hydrogen-bond donors (Lipinski definition) is 0. The molecule has 0 amide bonds. The first-order chi connectivity index (χ1) is 6.33. The van der Waals surface area contributed by atoms with Gasteiger partial charge in [0.2, 0.25) is 0 Å². The van der Waals surface area contributed by atoms with E-state index in [9.17, 15) is 4.79 Å². The van der Waals surface area contributed by atoms with Crippen molar-refractivity contribution in [2.75, 3.05) is 7.11 Å². The zero-order valence-electron chi connectivity index (χ0n) is 7.56. The summed E-state index contributed by atoms with van der Waals surface area (Å²) < 4.78 is 4.50. The molecule has 0 N–H and O–H groups in total. The molecule has 0 bridgehead atoms. The summed E-state index contributed by atoms with van der Waals surface area (Å²) in [5.74, 6) is -0.212. The summed E-state index contributed by atoms with van der Waals surface area (Å²) in [5, 5.41) is 0. The maximum atomic E-state index is 10.7. The molecule has 67 valence electrons. The Morgan fingerprint density at radius 1 is 1.62 bits per heavy atom. The normalized spacial score (nSPS) is 9.31. The molecule has 0 fully saturated rings. The predicted molar refractivity (Wildman–Crippen MR) is 50.5 cm³/mol. The number of nitrogens with zero attached hydrogens (tertiary/aromatic N) is 1. The molecule has 0 saturated carbocycles. The molecular weight excluding hydrogens is 165 g/mol. The Morgan fingerprint density at radius 2 is 2.46 bits per heavy atom. The van der Waals surface area contributed by atoms with Crippen molar-refractivity contribution in [1.82, 2.24) is 4.98 Å². The van der Waals surface area contributed by atoms with Crippen LogP contribution in [0.5, 0.6) is 0 Å². The van der Waals surface area contributed by atoms with Gasteiger partial charge in [-0.3, -0.25) is 9.78 Å².